The number of hydrogen-bond donors (Lipinski definition) is 3. The molecule has 1 aromatic rings. The van der Waals surface area contributed by atoms with E-state index in [0.717, 1.165) is 25.7 Å². The van der Waals surface area contributed by atoms with E-state index in [4.69, 9.17) is 10.5 Å². The van der Waals surface area contributed by atoms with Crippen LogP contribution in [0.1, 0.15) is 25.7 Å². The summed E-state index contributed by atoms with van der Waals surface area (Å²) in [6.45, 7) is 0.113. The molecule has 1 fully saturated rings. The lowest BCUT2D eigenvalue weighted by molar-refractivity contribution is -0.124. The molecule has 1 saturated carbocycles. The Morgan fingerprint density at radius 3 is 2.70 bits per heavy atom. The summed E-state index contributed by atoms with van der Waals surface area (Å²) in [6.07, 6.45) is 4.12. The van der Waals surface area contributed by atoms with Crippen molar-refractivity contribution in [2.24, 2.45) is 5.92 Å². The monoisotopic (exact) mass is 278 g/mol. The molecule has 0 saturated heterocycles. The van der Waals surface area contributed by atoms with Crippen LogP contribution >= 0.6 is 0 Å². The summed E-state index contributed by atoms with van der Waals surface area (Å²) in [5, 5.41) is 12.3. The molecule has 0 radical (unpaired) electrons. The summed E-state index contributed by atoms with van der Waals surface area (Å²) in [4.78, 5) is 11.9. The number of rotatable bonds is 5. The highest BCUT2D eigenvalue weighted by atomic mass is 16.5. The number of carbonyl (C=O) groups excluding carboxylic acids is 1. The zero-order chi connectivity index (χ0) is 14.4. The SMILES string of the molecule is Nc1ccc(OCC(=O)NC2CCCCC2CO)cc1. The quantitative estimate of drug-likeness (QED) is 0.709. The van der Waals surface area contributed by atoms with Crippen molar-refractivity contribution in [1.29, 1.82) is 0 Å². The largest absolute Gasteiger partial charge is 0.484 e. The summed E-state index contributed by atoms with van der Waals surface area (Å²) in [5.74, 6) is 0.646. The Hall–Kier alpha value is -1.75. The summed E-state index contributed by atoms with van der Waals surface area (Å²) >= 11 is 0. The predicted molar refractivity (Wildman–Crippen MR) is 77.3 cm³/mol. The van der Waals surface area contributed by atoms with Gasteiger partial charge in [0.2, 0.25) is 0 Å². The molecule has 2 atom stereocenters. The van der Waals surface area contributed by atoms with Crippen molar-refractivity contribution in [3.63, 3.8) is 0 Å². The summed E-state index contributed by atoms with van der Waals surface area (Å²) < 4.78 is 5.40. The standard InChI is InChI=1S/C15H22N2O3/c16-12-5-7-13(8-6-12)20-10-15(19)17-14-4-2-1-3-11(14)9-18/h5-8,11,14,18H,1-4,9-10,16H2,(H,17,19). The molecule has 110 valence electrons. The van der Waals surface area contributed by atoms with E-state index in [1.807, 2.05) is 0 Å². The topological polar surface area (TPSA) is 84.6 Å². The van der Waals surface area contributed by atoms with E-state index in [-0.39, 0.29) is 31.1 Å². The maximum Gasteiger partial charge on any atom is 0.258 e. The highest BCUT2D eigenvalue weighted by molar-refractivity contribution is 5.77. The van der Waals surface area contributed by atoms with Crippen molar-refractivity contribution in [1.82, 2.24) is 5.32 Å². The lowest BCUT2D eigenvalue weighted by Gasteiger charge is -2.30. The molecule has 0 aromatic heterocycles. The van der Waals surface area contributed by atoms with Gasteiger partial charge in [0.15, 0.2) is 6.61 Å². The van der Waals surface area contributed by atoms with Crippen LogP contribution in [0.4, 0.5) is 5.69 Å². The fourth-order valence-electron chi connectivity index (χ4n) is 2.58. The minimum absolute atomic E-state index is 0.0153. The first-order valence-electron chi connectivity index (χ1n) is 7.07. The second-order valence-corrected chi connectivity index (χ2v) is 5.26. The van der Waals surface area contributed by atoms with Crippen LogP contribution in [0, 0.1) is 5.92 Å². The first-order chi connectivity index (χ1) is 9.69. The molecular formula is C15H22N2O3. The van der Waals surface area contributed by atoms with Gasteiger partial charge in [-0.1, -0.05) is 12.8 Å². The number of nitrogens with one attached hydrogen (secondary N) is 1. The van der Waals surface area contributed by atoms with Gasteiger partial charge < -0.3 is 20.9 Å². The van der Waals surface area contributed by atoms with E-state index in [9.17, 15) is 9.90 Å². The van der Waals surface area contributed by atoms with Crippen LogP contribution in [0.5, 0.6) is 5.75 Å². The van der Waals surface area contributed by atoms with Crippen molar-refractivity contribution in [2.75, 3.05) is 18.9 Å². The van der Waals surface area contributed by atoms with Gasteiger partial charge in [0.05, 0.1) is 0 Å². The summed E-state index contributed by atoms with van der Waals surface area (Å²) in [6, 6.07) is 7.00. The van der Waals surface area contributed by atoms with Crippen LogP contribution in [-0.4, -0.2) is 30.3 Å². The predicted octanol–water partition coefficient (Wildman–Crippen LogP) is 1.31. The maximum atomic E-state index is 11.9. The Morgan fingerprint density at radius 1 is 1.30 bits per heavy atom. The van der Waals surface area contributed by atoms with E-state index in [2.05, 4.69) is 5.32 Å². The van der Waals surface area contributed by atoms with Gasteiger partial charge in [-0.2, -0.15) is 0 Å². The highest BCUT2D eigenvalue weighted by Gasteiger charge is 2.25. The number of hydrogen-bond acceptors (Lipinski definition) is 4. The highest BCUT2D eigenvalue weighted by Crippen LogP contribution is 2.23. The third-order valence-electron chi connectivity index (χ3n) is 3.74. The second-order valence-electron chi connectivity index (χ2n) is 5.26. The maximum absolute atomic E-state index is 11.9. The van der Waals surface area contributed by atoms with E-state index in [0.29, 0.717) is 11.4 Å². The fraction of sp³-hybridized carbons (Fsp3) is 0.533. The Kier molecular flexibility index (Phi) is 5.24. The zero-order valence-corrected chi connectivity index (χ0v) is 11.5. The fourth-order valence-corrected chi connectivity index (χ4v) is 2.58. The number of amides is 1. The van der Waals surface area contributed by atoms with Crippen LogP contribution in [0.2, 0.25) is 0 Å². The number of aliphatic hydroxyl groups is 1. The van der Waals surface area contributed by atoms with Crippen LogP contribution in [-0.2, 0) is 4.79 Å². The van der Waals surface area contributed by atoms with E-state index < -0.39 is 0 Å². The number of anilines is 1. The third kappa shape index (κ3) is 4.13. The Balaban J connectivity index is 1.78. The molecule has 1 aliphatic carbocycles. The van der Waals surface area contributed by atoms with Crippen LogP contribution in [0.15, 0.2) is 24.3 Å². The van der Waals surface area contributed by atoms with Crippen molar-refractivity contribution < 1.29 is 14.6 Å². The molecule has 0 heterocycles. The molecule has 1 amide bonds. The first kappa shape index (κ1) is 14.7. The van der Waals surface area contributed by atoms with Gasteiger partial charge >= 0.3 is 0 Å². The Bertz CT molecular complexity index is 433. The Morgan fingerprint density at radius 2 is 2.00 bits per heavy atom. The van der Waals surface area contributed by atoms with Crippen LogP contribution < -0.4 is 15.8 Å². The summed E-state index contributed by atoms with van der Waals surface area (Å²) in [7, 11) is 0. The van der Waals surface area contributed by atoms with E-state index in [1.54, 1.807) is 24.3 Å². The number of ether oxygens (including phenoxy) is 1. The van der Waals surface area contributed by atoms with Crippen LogP contribution in [0.25, 0.3) is 0 Å². The van der Waals surface area contributed by atoms with E-state index in [1.165, 1.54) is 0 Å². The summed E-state index contributed by atoms with van der Waals surface area (Å²) in [5.41, 5.74) is 6.24. The van der Waals surface area contributed by atoms with Crippen molar-refractivity contribution in [3.8, 4) is 5.75 Å². The molecule has 0 aliphatic heterocycles. The molecule has 4 N–H and O–H groups in total. The van der Waals surface area contributed by atoms with E-state index >= 15 is 0 Å². The lowest BCUT2D eigenvalue weighted by Crippen LogP contribution is -2.45. The zero-order valence-electron chi connectivity index (χ0n) is 11.5. The van der Waals surface area contributed by atoms with Gasteiger partial charge in [-0.3, -0.25) is 4.79 Å². The molecule has 5 nitrogen and oxygen atoms in total. The number of benzene rings is 1. The molecule has 1 aromatic carbocycles. The number of nitrogens with two attached hydrogens (primary N) is 1. The van der Waals surface area contributed by atoms with Gasteiger partial charge in [0.25, 0.3) is 5.91 Å². The molecular weight excluding hydrogens is 256 g/mol. The lowest BCUT2D eigenvalue weighted by atomic mass is 9.85. The van der Waals surface area contributed by atoms with Crippen molar-refractivity contribution >= 4 is 11.6 Å². The molecule has 20 heavy (non-hydrogen) atoms. The average Bonchev–Trinajstić information content (AvgIpc) is 2.47. The Labute approximate surface area is 119 Å². The molecule has 0 spiro atoms. The smallest absolute Gasteiger partial charge is 0.258 e. The minimum Gasteiger partial charge on any atom is -0.484 e. The van der Waals surface area contributed by atoms with Crippen molar-refractivity contribution in [3.05, 3.63) is 24.3 Å². The van der Waals surface area contributed by atoms with Crippen molar-refractivity contribution in [2.45, 2.75) is 31.7 Å². The minimum atomic E-state index is -0.146. The first-order valence-corrected chi connectivity index (χ1v) is 7.07. The molecule has 1 aliphatic rings. The second kappa shape index (κ2) is 7.14. The van der Waals surface area contributed by atoms with Gasteiger partial charge in [0.1, 0.15) is 5.75 Å². The molecule has 0 bridgehead atoms. The van der Waals surface area contributed by atoms with Gasteiger partial charge in [-0.05, 0) is 37.1 Å². The van der Waals surface area contributed by atoms with Gasteiger partial charge in [0, 0.05) is 24.3 Å². The number of carbonyl (C=O) groups is 1. The van der Waals surface area contributed by atoms with Crippen LogP contribution in [0.3, 0.4) is 0 Å². The normalized spacial score (nSPS) is 22.2. The molecule has 2 rings (SSSR count). The molecule has 2 unspecified atom stereocenters. The number of nitrogen functional groups attached to an aromatic ring is 1. The number of aliphatic hydroxyl groups excluding tert-OH is 1. The average molecular weight is 278 g/mol. The van der Waals surface area contributed by atoms with Gasteiger partial charge in [-0.25, -0.2) is 0 Å². The molecule has 5 heteroatoms. The van der Waals surface area contributed by atoms with Gasteiger partial charge in [-0.15, -0.1) is 0 Å². The third-order valence-corrected chi connectivity index (χ3v) is 3.74.